The summed E-state index contributed by atoms with van der Waals surface area (Å²) in [4.78, 5) is 7.19. The van der Waals surface area contributed by atoms with Crippen molar-refractivity contribution in [3.05, 3.63) is 45.7 Å². The monoisotopic (exact) mass is 430 g/mol. The van der Waals surface area contributed by atoms with Crippen molar-refractivity contribution in [1.29, 1.82) is 0 Å². The number of nitrogens with one attached hydrogen (secondary N) is 2. The lowest BCUT2D eigenvalue weighted by Gasteiger charge is -2.53. The molecule has 2 bridgehead atoms. The molecule has 2 aromatic heterocycles. The number of alkyl halides is 6. The molecule has 0 amide bonds. The Bertz CT molecular complexity index is 877. The number of hydrogen-bond donors (Lipinski definition) is 2. The van der Waals surface area contributed by atoms with Crippen molar-refractivity contribution in [2.75, 3.05) is 10.6 Å². The Morgan fingerprint density at radius 1 is 0.778 bits per heavy atom. The second kappa shape index (κ2) is 5.30. The van der Waals surface area contributed by atoms with Gasteiger partial charge in [0.25, 0.3) is 11.4 Å². The van der Waals surface area contributed by atoms with E-state index < -0.39 is 46.6 Å². The molecule has 2 unspecified atom stereocenters. The van der Waals surface area contributed by atoms with Crippen molar-refractivity contribution < 1.29 is 31.1 Å². The lowest BCUT2D eigenvalue weighted by atomic mass is 9.90. The first-order valence-corrected chi connectivity index (χ1v) is 7.87. The normalized spacial score (nSPS) is 26.5. The summed E-state index contributed by atoms with van der Waals surface area (Å²) in [5.41, 5.74) is -8.70. The Morgan fingerprint density at radius 2 is 1.15 bits per heavy atom. The van der Waals surface area contributed by atoms with Crippen LogP contribution in [0, 0.1) is 0 Å². The van der Waals surface area contributed by atoms with Gasteiger partial charge in [-0.1, -0.05) is 23.2 Å². The predicted molar refractivity (Wildman–Crippen MR) is 82.3 cm³/mol. The van der Waals surface area contributed by atoms with E-state index in [1.807, 2.05) is 10.6 Å². The number of fused-ring (bicyclic) bond motifs is 6. The van der Waals surface area contributed by atoms with Gasteiger partial charge in [-0.05, 0) is 12.1 Å². The Morgan fingerprint density at radius 3 is 1.48 bits per heavy atom. The number of halogens is 8. The van der Waals surface area contributed by atoms with Crippen LogP contribution in [0.25, 0.3) is 0 Å². The van der Waals surface area contributed by atoms with Gasteiger partial charge in [-0.3, -0.25) is 0 Å². The maximum atomic E-state index is 14.0. The topological polar surface area (TPSA) is 59.1 Å². The molecular formula is C14H6Cl2F6N4O. The summed E-state index contributed by atoms with van der Waals surface area (Å²) in [6.07, 6.45) is -8.82. The van der Waals surface area contributed by atoms with Crippen LogP contribution in [-0.4, -0.2) is 22.3 Å². The third-order valence-corrected chi connectivity index (χ3v) is 4.57. The van der Waals surface area contributed by atoms with Gasteiger partial charge < -0.3 is 15.4 Å². The molecule has 0 aliphatic carbocycles. The number of nitrogens with zero attached hydrogens (tertiary/aromatic N) is 2. The van der Waals surface area contributed by atoms with Gasteiger partial charge in [0.2, 0.25) is 0 Å². The van der Waals surface area contributed by atoms with Gasteiger partial charge in [-0.15, -0.1) is 0 Å². The SMILES string of the molecule is FC(F)(F)C12Nc3ncc(Cl)cc3C(C(F)(F)F)(Nc3ncc(Cl)cc31)O2. The van der Waals surface area contributed by atoms with E-state index in [-0.39, 0.29) is 10.0 Å². The highest BCUT2D eigenvalue weighted by molar-refractivity contribution is 6.31. The summed E-state index contributed by atoms with van der Waals surface area (Å²) in [5.74, 6) is -1.39. The van der Waals surface area contributed by atoms with Crippen LogP contribution < -0.4 is 10.6 Å². The van der Waals surface area contributed by atoms with Gasteiger partial charge >= 0.3 is 12.4 Å². The number of hydrogen-bond acceptors (Lipinski definition) is 5. The molecule has 2 atom stereocenters. The second-order valence-electron chi connectivity index (χ2n) is 5.81. The predicted octanol–water partition coefficient (Wildman–Crippen LogP) is 4.78. The maximum absolute atomic E-state index is 14.0. The molecule has 2 N–H and O–H groups in total. The lowest BCUT2D eigenvalue weighted by Crippen LogP contribution is -2.68. The highest BCUT2D eigenvalue weighted by Crippen LogP contribution is 2.60. The van der Waals surface area contributed by atoms with Crippen LogP contribution in [0.1, 0.15) is 11.1 Å². The van der Waals surface area contributed by atoms with Gasteiger partial charge in [0, 0.05) is 12.4 Å². The molecule has 0 aromatic carbocycles. The van der Waals surface area contributed by atoms with E-state index in [9.17, 15) is 26.3 Å². The molecule has 2 aliphatic heterocycles. The zero-order valence-electron chi connectivity index (χ0n) is 12.6. The Kier molecular flexibility index (Phi) is 3.61. The van der Waals surface area contributed by atoms with Crippen LogP contribution in [0.5, 0.6) is 0 Å². The summed E-state index contributed by atoms with van der Waals surface area (Å²) in [7, 11) is 0. The van der Waals surface area contributed by atoms with Crippen LogP contribution in [0.3, 0.4) is 0 Å². The van der Waals surface area contributed by atoms with E-state index in [4.69, 9.17) is 27.9 Å². The Balaban J connectivity index is 2.11. The standard InChI is InChI=1S/C14H6Cl2F6N4O/c15-5-1-7-9(23-3-5)25-12(14(20,21)22)8-2-6(16)4-24-10(8)26-11(7,27-12)13(17,18)19/h1-4H,(H,23,25)(H,24,26). The molecular weight excluding hydrogens is 425 g/mol. The van der Waals surface area contributed by atoms with Crippen molar-refractivity contribution >= 4 is 34.8 Å². The molecule has 0 saturated carbocycles. The van der Waals surface area contributed by atoms with Gasteiger partial charge in [0.05, 0.1) is 21.2 Å². The van der Waals surface area contributed by atoms with Crippen molar-refractivity contribution in [3.63, 3.8) is 0 Å². The third kappa shape index (κ3) is 2.38. The molecule has 2 aromatic rings. The minimum absolute atomic E-state index is 0.223. The van der Waals surface area contributed by atoms with Crippen LogP contribution in [0.2, 0.25) is 10.0 Å². The van der Waals surface area contributed by atoms with Crippen molar-refractivity contribution in [2.24, 2.45) is 0 Å². The first kappa shape index (κ1) is 18.4. The van der Waals surface area contributed by atoms with Crippen LogP contribution in [-0.2, 0) is 16.2 Å². The van der Waals surface area contributed by atoms with E-state index in [0.29, 0.717) is 0 Å². The smallest absolute Gasteiger partial charge is 0.330 e. The van der Waals surface area contributed by atoms with Gasteiger partial charge in [-0.2, -0.15) is 26.3 Å². The molecule has 13 heteroatoms. The van der Waals surface area contributed by atoms with Crippen molar-refractivity contribution in [1.82, 2.24) is 9.97 Å². The minimum Gasteiger partial charge on any atom is -0.330 e. The molecule has 4 heterocycles. The molecule has 2 aliphatic rings. The zero-order valence-corrected chi connectivity index (χ0v) is 14.1. The lowest BCUT2D eigenvalue weighted by molar-refractivity contribution is -0.369. The highest BCUT2D eigenvalue weighted by Gasteiger charge is 2.74. The average Bonchev–Trinajstić information content (AvgIpc) is 2.54. The summed E-state index contributed by atoms with van der Waals surface area (Å²) >= 11 is 11.4. The Labute approximate surface area is 156 Å². The van der Waals surface area contributed by atoms with Crippen LogP contribution in [0.15, 0.2) is 24.5 Å². The minimum atomic E-state index is -5.33. The van der Waals surface area contributed by atoms with E-state index in [2.05, 4.69) is 9.97 Å². The summed E-state index contributed by atoms with van der Waals surface area (Å²) in [6.45, 7) is 0. The van der Waals surface area contributed by atoms with Crippen LogP contribution in [0.4, 0.5) is 38.0 Å². The average molecular weight is 431 g/mol. The number of pyridine rings is 2. The van der Waals surface area contributed by atoms with E-state index in [1.165, 1.54) is 0 Å². The molecule has 27 heavy (non-hydrogen) atoms. The Hall–Kier alpha value is -1.98. The maximum Gasteiger partial charge on any atom is 0.441 e. The first-order chi connectivity index (χ1) is 12.4. The van der Waals surface area contributed by atoms with Crippen molar-refractivity contribution in [3.8, 4) is 0 Å². The van der Waals surface area contributed by atoms with Crippen molar-refractivity contribution in [2.45, 2.75) is 23.8 Å². The van der Waals surface area contributed by atoms with E-state index in [1.54, 1.807) is 0 Å². The number of aromatic nitrogens is 2. The molecule has 5 nitrogen and oxygen atoms in total. The van der Waals surface area contributed by atoms with Gasteiger partial charge in [0.15, 0.2) is 0 Å². The summed E-state index contributed by atoms with van der Waals surface area (Å²) < 4.78 is 89.0. The fourth-order valence-corrected chi connectivity index (χ4v) is 3.35. The molecule has 0 fully saturated rings. The number of anilines is 2. The molecule has 4 rings (SSSR count). The molecule has 144 valence electrons. The van der Waals surface area contributed by atoms with E-state index >= 15 is 0 Å². The largest absolute Gasteiger partial charge is 0.441 e. The zero-order chi connectivity index (χ0) is 19.8. The van der Waals surface area contributed by atoms with Crippen LogP contribution >= 0.6 is 23.2 Å². The molecule has 0 spiro atoms. The molecule has 0 saturated heterocycles. The highest BCUT2D eigenvalue weighted by atomic mass is 35.5. The number of rotatable bonds is 0. The molecule has 0 radical (unpaired) electrons. The van der Waals surface area contributed by atoms with Gasteiger partial charge in [-0.25, -0.2) is 9.97 Å². The fourth-order valence-electron chi connectivity index (χ4n) is 3.04. The summed E-state index contributed by atoms with van der Waals surface area (Å²) in [6, 6.07) is 1.64. The van der Waals surface area contributed by atoms with Gasteiger partial charge in [0.1, 0.15) is 11.6 Å². The second-order valence-corrected chi connectivity index (χ2v) is 6.68. The summed E-state index contributed by atoms with van der Waals surface area (Å²) in [5, 5.41) is 3.42. The first-order valence-electron chi connectivity index (χ1n) is 7.12. The number of ether oxygens (including phenoxy) is 1. The fraction of sp³-hybridized carbons (Fsp3) is 0.286. The third-order valence-electron chi connectivity index (χ3n) is 4.16. The quantitative estimate of drug-likeness (QED) is 0.589. The van der Waals surface area contributed by atoms with E-state index in [0.717, 1.165) is 24.5 Å².